The molecule has 3 rings (SSSR count). The van der Waals surface area contributed by atoms with Crippen LogP contribution in [0.15, 0.2) is 42.5 Å². The molecule has 1 saturated heterocycles. The third-order valence-electron chi connectivity index (χ3n) is 4.28. The molecule has 0 saturated carbocycles. The van der Waals surface area contributed by atoms with Crippen molar-refractivity contribution in [2.45, 2.75) is 0 Å². The Morgan fingerprint density at radius 1 is 1.08 bits per heavy atom. The fourth-order valence-electron chi connectivity index (χ4n) is 2.77. The molecule has 0 aromatic heterocycles. The van der Waals surface area contributed by atoms with Gasteiger partial charge in [0.15, 0.2) is 0 Å². The maximum atomic E-state index is 12.3. The van der Waals surface area contributed by atoms with Crippen molar-refractivity contribution in [2.75, 3.05) is 43.4 Å². The summed E-state index contributed by atoms with van der Waals surface area (Å²) in [5.41, 5.74) is 2.29. The molecule has 2 N–H and O–H groups in total. The van der Waals surface area contributed by atoms with Gasteiger partial charge in [0, 0.05) is 16.4 Å². The number of hydrogen-bond acceptors (Lipinski definition) is 2. The van der Waals surface area contributed by atoms with Crippen LogP contribution in [0.5, 0.6) is 0 Å². The van der Waals surface area contributed by atoms with Crippen LogP contribution in [0.1, 0.15) is 10.4 Å². The summed E-state index contributed by atoms with van der Waals surface area (Å²) in [5, 5.41) is 3.73. The van der Waals surface area contributed by atoms with E-state index >= 15 is 0 Å². The molecule has 4 nitrogen and oxygen atoms in total. The van der Waals surface area contributed by atoms with E-state index in [-0.39, 0.29) is 5.91 Å². The van der Waals surface area contributed by atoms with Crippen molar-refractivity contribution in [2.24, 2.45) is 0 Å². The summed E-state index contributed by atoms with van der Waals surface area (Å²) in [6.07, 6.45) is 0. The normalized spacial score (nSPS) is 15.4. The Morgan fingerprint density at radius 3 is 2.42 bits per heavy atom. The van der Waals surface area contributed by atoms with Crippen molar-refractivity contribution < 1.29 is 9.69 Å². The minimum Gasteiger partial charge on any atom is -0.360 e. The first-order chi connectivity index (χ1) is 11.5. The molecule has 0 bridgehead atoms. The highest BCUT2D eigenvalue weighted by Crippen LogP contribution is 2.23. The number of nitrogens with zero attached hydrogens (tertiary/aromatic N) is 1. The predicted molar refractivity (Wildman–Crippen MR) is 99.7 cm³/mol. The first-order valence-electron chi connectivity index (χ1n) is 7.95. The standard InChI is InChI=1S/C18H19Cl2N3O/c1-22-8-10-23(11-9-22)15-5-3-14(4-6-15)21-18(24)16-12-13(19)2-7-17(16)20/h2-7,12H,8-11H2,1H3,(H,21,24)/p+1. The van der Waals surface area contributed by atoms with Gasteiger partial charge in [-0.2, -0.15) is 0 Å². The predicted octanol–water partition coefficient (Wildman–Crippen LogP) is 2.58. The zero-order valence-corrected chi connectivity index (χ0v) is 15.0. The summed E-state index contributed by atoms with van der Waals surface area (Å²) in [5.74, 6) is -0.265. The Morgan fingerprint density at radius 2 is 1.75 bits per heavy atom. The van der Waals surface area contributed by atoms with Gasteiger partial charge in [0.25, 0.3) is 5.91 Å². The molecule has 2 aromatic rings. The summed E-state index contributed by atoms with van der Waals surface area (Å²) in [6, 6.07) is 12.8. The SMILES string of the molecule is C[NH+]1CCN(c2ccc(NC(=O)c3cc(Cl)ccc3Cl)cc2)CC1. The van der Waals surface area contributed by atoms with Crippen LogP contribution in [0.3, 0.4) is 0 Å². The number of amides is 1. The number of anilines is 2. The fourth-order valence-corrected chi connectivity index (χ4v) is 3.15. The molecular weight excluding hydrogens is 345 g/mol. The number of halogens is 2. The monoisotopic (exact) mass is 364 g/mol. The average molecular weight is 365 g/mol. The van der Waals surface area contributed by atoms with Gasteiger partial charge in [-0.3, -0.25) is 4.79 Å². The molecular formula is C18H20Cl2N3O+. The van der Waals surface area contributed by atoms with Crippen LogP contribution in [-0.2, 0) is 0 Å². The third kappa shape index (κ3) is 4.01. The lowest BCUT2D eigenvalue weighted by Crippen LogP contribution is -3.12. The van der Waals surface area contributed by atoms with Crippen molar-refractivity contribution in [3.8, 4) is 0 Å². The van der Waals surface area contributed by atoms with E-state index in [0.29, 0.717) is 15.6 Å². The van der Waals surface area contributed by atoms with Gasteiger partial charge in [-0.1, -0.05) is 23.2 Å². The molecule has 0 aliphatic carbocycles. The zero-order chi connectivity index (χ0) is 17.1. The summed E-state index contributed by atoms with van der Waals surface area (Å²) >= 11 is 12.0. The molecule has 2 aromatic carbocycles. The Labute approximate surface area is 152 Å². The summed E-state index contributed by atoms with van der Waals surface area (Å²) < 4.78 is 0. The largest absolute Gasteiger partial charge is 0.360 e. The molecule has 0 spiro atoms. The highest BCUT2D eigenvalue weighted by Gasteiger charge is 2.17. The first-order valence-corrected chi connectivity index (χ1v) is 8.71. The van der Waals surface area contributed by atoms with E-state index < -0.39 is 0 Å². The van der Waals surface area contributed by atoms with Crippen molar-refractivity contribution in [3.63, 3.8) is 0 Å². The number of hydrogen-bond donors (Lipinski definition) is 2. The van der Waals surface area contributed by atoms with E-state index in [1.165, 1.54) is 5.69 Å². The quantitative estimate of drug-likeness (QED) is 0.877. The molecule has 0 radical (unpaired) electrons. The molecule has 1 aliphatic rings. The van der Waals surface area contributed by atoms with Crippen molar-refractivity contribution in [1.82, 2.24) is 0 Å². The Kier molecular flexibility index (Phi) is 5.29. The van der Waals surface area contributed by atoms with Gasteiger partial charge in [0.1, 0.15) is 0 Å². The van der Waals surface area contributed by atoms with Gasteiger partial charge in [-0.05, 0) is 42.5 Å². The zero-order valence-electron chi connectivity index (χ0n) is 13.5. The molecule has 1 heterocycles. The van der Waals surface area contributed by atoms with Crippen LogP contribution in [0.2, 0.25) is 10.0 Å². The van der Waals surface area contributed by atoms with E-state index in [1.54, 1.807) is 23.1 Å². The minimum atomic E-state index is -0.265. The lowest BCUT2D eigenvalue weighted by Gasteiger charge is -2.31. The van der Waals surface area contributed by atoms with Gasteiger partial charge in [0.2, 0.25) is 0 Å². The molecule has 0 unspecified atom stereocenters. The smallest absolute Gasteiger partial charge is 0.257 e. The number of likely N-dealkylation sites (N-methyl/N-ethyl adjacent to an activating group) is 1. The van der Waals surface area contributed by atoms with Crippen LogP contribution in [0.25, 0.3) is 0 Å². The number of carbonyl (C=O) groups is 1. The summed E-state index contributed by atoms with van der Waals surface area (Å²) in [7, 11) is 2.22. The molecule has 1 amide bonds. The topological polar surface area (TPSA) is 36.8 Å². The third-order valence-corrected chi connectivity index (χ3v) is 4.85. The van der Waals surface area contributed by atoms with Crippen LogP contribution in [0.4, 0.5) is 11.4 Å². The van der Waals surface area contributed by atoms with Gasteiger partial charge >= 0.3 is 0 Å². The van der Waals surface area contributed by atoms with Gasteiger partial charge in [-0.15, -0.1) is 0 Å². The molecule has 0 atom stereocenters. The van der Waals surface area contributed by atoms with Crippen molar-refractivity contribution in [1.29, 1.82) is 0 Å². The number of nitrogens with one attached hydrogen (secondary N) is 2. The number of rotatable bonds is 3. The second kappa shape index (κ2) is 7.43. The van der Waals surface area contributed by atoms with Crippen LogP contribution < -0.4 is 15.1 Å². The molecule has 24 heavy (non-hydrogen) atoms. The highest BCUT2D eigenvalue weighted by atomic mass is 35.5. The molecule has 126 valence electrons. The number of piperazine rings is 1. The fraction of sp³-hybridized carbons (Fsp3) is 0.278. The molecule has 1 aliphatic heterocycles. The lowest BCUT2D eigenvalue weighted by molar-refractivity contribution is -0.880. The first kappa shape index (κ1) is 17.1. The summed E-state index contributed by atoms with van der Waals surface area (Å²) in [4.78, 5) is 16.3. The second-order valence-corrected chi connectivity index (χ2v) is 6.91. The number of carbonyl (C=O) groups excluding carboxylic acids is 1. The van der Waals surface area contributed by atoms with Gasteiger partial charge in [0.05, 0.1) is 43.8 Å². The van der Waals surface area contributed by atoms with E-state index in [1.807, 2.05) is 24.3 Å². The van der Waals surface area contributed by atoms with E-state index in [2.05, 4.69) is 17.3 Å². The Hall–Kier alpha value is -1.75. The van der Waals surface area contributed by atoms with Crippen LogP contribution in [-0.4, -0.2) is 39.1 Å². The number of quaternary nitrogens is 1. The van der Waals surface area contributed by atoms with Gasteiger partial charge < -0.3 is 15.1 Å². The van der Waals surface area contributed by atoms with Crippen molar-refractivity contribution in [3.05, 3.63) is 58.1 Å². The molecule has 1 fully saturated rings. The highest BCUT2D eigenvalue weighted by molar-refractivity contribution is 6.36. The molecule has 6 heteroatoms. The van der Waals surface area contributed by atoms with E-state index in [9.17, 15) is 4.79 Å². The van der Waals surface area contributed by atoms with Crippen LogP contribution in [0, 0.1) is 0 Å². The van der Waals surface area contributed by atoms with Crippen molar-refractivity contribution >= 4 is 40.5 Å². The van der Waals surface area contributed by atoms with E-state index in [0.717, 1.165) is 31.9 Å². The lowest BCUT2D eigenvalue weighted by atomic mass is 10.2. The maximum absolute atomic E-state index is 12.3. The van der Waals surface area contributed by atoms with Crippen LogP contribution >= 0.6 is 23.2 Å². The minimum absolute atomic E-state index is 0.265. The Bertz CT molecular complexity index is 726. The van der Waals surface area contributed by atoms with E-state index in [4.69, 9.17) is 23.2 Å². The number of benzene rings is 2. The van der Waals surface area contributed by atoms with Gasteiger partial charge in [-0.25, -0.2) is 0 Å². The maximum Gasteiger partial charge on any atom is 0.257 e. The Balaban J connectivity index is 1.68. The second-order valence-electron chi connectivity index (χ2n) is 6.07. The summed E-state index contributed by atoms with van der Waals surface area (Å²) in [6.45, 7) is 4.39. The average Bonchev–Trinajstić information content (AvgIpc) is 2.58.